The van der Waals surface area contributed by atoms with Gasteiger partial charge >= 0.3 is 0 Å². The molecule has 7 heteroatoms. The second kappa shape index (κ2) is 10.2. The number of rotatable bonds is 6. The number of ether oxygens (including phenoxy) is 1. The Hall–Kier alpha value is -3.55. The number of para-hydroxylation sites is 2. The summed E-state index contributed by atoms with van der Waals surface area (Å²) < 4.78 is 19.0. The Labute approximate surface area is 186 Å². The van der Waals surface area contributed by atoms with Crippen molar-refractivity contribution in [1.29, 1.82) is 0 Å². The van der Waals surface area contributed by atoms with E-state index in [4.69, 9.17) is 4.74 Å². The molecule has 1 aliphatic rings. The average molecular weight is 433 g/mol. The summed E-state index contributed by atoms with van der Waals surface area (Å²) in [7, 11) is 0. The number of benzene rings is 3. The van der Waals surface area contributed by atoms with Crippen molar-refractivity contribution in [2.24, 2.45) is 0 Å². The van der Waals surface area contributed by atoms with Crippen molar-refractivity contribution < 1.29 is 18.7 Å². The van der Waals surface area contributed by atoms with Gasteiger partial charge in [-0.05, 0) is 42.0 Å². The summed E-state index contributed by atoms with van der Waals surface area (Å²) in [6.45, 7) is 1.78. The first-order valence-corrected chi connectivity index (χ1v) is 10.4. The smallest absolute Gasteiger partial charge is 0.257 e. The molecule has 2 N–H and O–H groups in total. The van der Waals surface area contributed by atoms with Crippen LogP contribution in [0.1, 0.15) is 22.0 Å². The zero-order chi connectivity index (χ0) is 22.3. The fourth-order valence-corrected chi connectivity index (χ4v) is 3.63. The molecule has 2 amide bonds. The molecule has 0 bridgehead atoms. The van der Waals surface area contributed by atoms with Gasteiger partial charge in [0.25, 0.3) is 5.91 Å². The van der Waals surface area contributed by atoms with Gasteiger partial charge in [-0.25, -0.2) is 4.39 Å². The fraction of sp³-hybridized carbons (Fsp3) is 0.200. The molecule has 32 heavy (non-hydrogen) atoms. The highest BCUT2D eigenvalue weighted by atomic mass is 19.1. The minimum absolute atomic E-state index is 0.162. The van der Waals surface area contributed by atoms with Gasteiger partial charge < -0.3 is 15.4 Å². The van der Waals surface area contributed by atoms with Crippen molar-refractivity contribution in [1.82, 2.24) is 4.90 Å². The van der Waals surface area contributed by atoms with Crippen molar-refractivity contribution >= 4 is 23.2 Å². The first-order valence-electron chi connectivity index (χ1n) is 10.4. The third-order valence-corrected chi connectivity index (χ3v) is 5.24. The van der Waals surface area contributed by atoms with Gasteiger partial charge in [0.05, 0.1) is 30.5 Å². The van der Waals surface area contributed by atoms with Crippen molar-refractivity contribution in [3.8, 4) is 0 Å². The van der Waals surface area contributed by atoms with E-state index >= 15 is 0 Å². The summed E-state index contributed by atoms with van der Waals surface area (Å²) >= 11 is 0. The van der Waals surface area contributed by atoms with Gasteiger partial charge in [0.15, 0.2) is 0 Å². The lowest BCUT2D eigenvalue weighted by Gasteiger charge is -2.32. The molecule has 0 saturated carbocycles. The Balaban J connectivity index is 1.38. The van der Waals surface area contributed by atoms with Gasteiger partial charge in [-0.3, -0.25) is 14.5 Å². The molecule has 1 saturated heterocycles. The van der Waals surface area contributed by atoms with Crippen LogP contribution in [0.15, 0.2) is 78.9 Å². The molecule has 164 valence electrons. The van der Waals surface area contributed by atoms with Crippen LogP contribution < -0.4 is 10.6 Å². The molecule has 1 unspecified atom stereocenters. The van der Waals surface area contributed by atoms with E-state index in [1.807, 2.05) is 23.1 Å². The van der Waals surface area contributed by atoms with Crippen molar-refractivity contribution in [3.05, 3.63) is 95.8 Å². The molecule has 6 nitrogen and oxygen atoms in total. The van der Waals surface area contributed by atoms with Crippen molar-refractivity contribution in [2.75, 3.05) is 36.9 Å². The number of hydrogen-bond acceptors (Lipinski definition) is 4. The third kappa shape index (κ3) is 5.57. The number of nitrogens with one attached hydrogen (secondary N) is 2. The summed E-state index contributed by atoms with van der Waals surface area (Å²) in [5.41, 5.74) is 2.39. The van der Waals surface area contributed by atoms with Crippen LogP contribution in [0, 0.1) is 5.82 Å². The van der Waals surface area contributed by atoms with Crippen LogP contribution in [0.5, 0.6) is 0 Å². The van der Waals surface area contributed by atoms with Crippen LogP contribution in [-0.2, 0) is 9.53 Å². The van der Waals surface area contributed by atoms with Crippen LogP contribution in [0.4, 0.5) is 15.8 Å². The molecular formula is C25H24FN3O3. The number of halogens is 1. The normalized spacial score (nSPS) is 16.3. The topological polar surface area (TPSA) is 70.7 Å². The molecule has 1 heterocycles. The van der Waals surface area contributed by atoms with E-state index in [2.05, 4.69) is 10.6 Å². The van der Waals surface area contributed by atoms with Crippen LogP contribution >= 0.6 is 0 Å². The third-order valence-electron chi connectivity index (χ3n) is 5.24. The minimum atomic E-state index is -0.296. The Morgan fingerprint density at radius 3 is 2.44 bits per heavy atom. The maximum absolute atomic E-state index is 13.2. The number of anilines is 2. The largest absolute Gasteiger partial charge is 0.371 e. The highest BCUT2D eigenvalue weighted by molar-refractivity contribution is 6.10. The second-order valence-electron chi connectivity index (χ2n) is 7.56. The zero-order valence-corrected chi connectivity index (χ0v) is 17.5. The van der Waals surface area contributed by atoms with Crippen LogP contribution in [0.2, 0.25) is 0 Å². The molecule has 0 radical (unpaired) electrons. The number of carbonyl (C=O) groups is 2. The number of morpholine rings is 1. The number of amides is 2. The molecule has 3 aromatic carbocycles. The molecule has 0 spiro atoms. The van der Waals surface area contributed by atoms with Gasteiger partial charge in [-0.2, -0.15) is 0 Å². The van der Waals surface area contributed by atoms with E-state index in [0.717, 1.165) is 5.56 Å². The van der Waals surface area contributed by atoms with Crippen LogP contribution in [0.3, 0.4) is 0 Å². The first-order chi connectivity index (χ1) is 15.6. The Morgan fingerprint density at radius 2 is 1.66 bits per heavy atom. The molecule has 0 aromatic heterocycles. The van der Waals surface area contributed by atoms with Gasteiger partial charge in [0, 0.05) is 18.8 Å². The minimum Gasteiger partial charge on any atom is -0.371 e. The number of nitrogens with zero attached hydrogens (tertiary/aromatic N) is 1. The lowest BCUT2D eigenvalue weighted by atomic mass is 10.1. The summed E-state index contributed by atoms with van der Waals surface area (Å²) in [5, 5.41) is 5.69. The molecule has 1 aliphatic heterocycles. The van der Waals surface area contributed by atoms with Crippen molar-refractivity contribution in [2.45, 2.75) is 6.10 Å². The molecular weight excluding hydrogens is 409 g/mol. The Bertz CT molecular complexity index is 1070. The molecule has 0 aliphatic carbocycles. The van der Waals surface area contributed by atoms with Crippen molar-refractivity contribution in [3.63, 3.8) is 0 Å². The summed E-state index contributed by atoms with van der Waals surface area (Å²) in [4.78, 5) is 27.4. The molecule has 3 aromatic rings. The van der Waals surface area contributed by atoms with E-state index in [0.29, 0.717) is 36.6 Å². The average Bonchev–Trinajstić information content (AvgIpc) is 2.80. The van der Waals surface area contributed by atoms with Crippen LogP contribution in [-0.4, -0.2) is 43.0 Å². The maximum atomic E-state index is 13.2. The second-order valence-corrected chi connectivity index (χ2v) is 7.56. The highest BCUT2D eigenvalue weighted by Crippen LogP contribution is 2.23. The lowest BCUT2D eigenvalue weighted by Crippen LogP contribution is -2.42. The quantitative estimate of drug-likeness (QED) is 0.614. The number of hydrogen-bond donors (Lipinski definition) is 2. The van der Waals surface area contributed by atoms with E-state index < -0.39 is 0 Å². The summed E-state index contributed by atoms with van der Waals surface area (Å²) in [5.74, 6) is -0.810. The van der Waals surface area contributed by atoms with E-state index in [1.54, 1.807) is 48.5 Å². The predicted octanol–water partition coefficient (Wildman–Crippen LogP) is 4.09. The first kappa shape index (κ1) is 21.7. The standard InChI is InChI=1S/C25H24FN3O3/c26-19-12-10-18(11-13-19)23-16-29(14-15-32-23)17-24(30)28-22-9-5-4-8-21(22)25(31)27-20-6-2-1-3-7-20/h1-13,23H,14-17H2,(H,27,31)(H,28,30). The Morgan fingerprint density at radius 1 is 0.938 bits per heavy atom. The fourth-order valence-electron chi connectivity index (χ4n) is 3.63. The van der Waals surface area contributed by atoms with Gasteiger partial charge in [-0.15, -0.1) is 0 Å². The monoisotopic (exact) mass is 433 g/mol. The van der Waals surface area contributed by atoms with Gasteiger partial charge in [0.2, 0.25) is 5.91 Å². The van der Waals surface area contributed by atoms with E-state index in [9.17, 15) is 14.0 Å². The van der Waals surface area contributed by atoms with Gasteiger partial charge in [0.1, 0.15) is 5.82 Å². The highest BCUT2D eigenvalue weighted by Gasteiger charge is 2.24. The van der Waals surface area contributed by atoms with Gasteiger partial charge in [-0.1, -0.05) is 42.5 Å². The number of carbonyl (C=O) groups excluding carboxylic acids is 2. The predicted molar refractivity (Wildman–Crippen MR) is 121 cm³/mol. The van der Waals surface area contributed by atoms with E-state index in [-0.39, 0.29) is 30.3 Å². The molecule has 4 rings (SSSR count). The maximum Gasteiger partial charge on any atom is 0.257 e. The summed E-state index contributed by atoms with van der Waals surface area (Å²) in [6.07, 6.45) is -0.221. The Kier molecular flexibility index (Phi) is 6.89. The SMILES string of the molecule is O=C(CN1CCOC(c2ccc(F)cc2)C1)Nc1ccccc1C(=O)Nc1ccccc1. The molecule has 1 fully saturated rings. The lowest BCUT2D eigenvalue weighted by molar-refractivity contribution is -0.119. The van der Waals surface area contributed by atoms with Crippen LogP contribution in [0.25, 0.3) is 0 Å². The summed E-state index contributed by atoms with van der Waals surface area (Å²) in [6, 6.07) is 22.3. The van der Waals surface area contributed by atoms with E-state index in [1.165, 1.54) is 12.1 Å². The zero-order valence-electron chi connectivity index (χ0n) is 17.5. The molecule has 1 atom stereocenters.